The summed E-state index contributed by atoms with van der Waals surface area (Å²) >= 11 is 5.65. The Balaban J connectivity index is 2.22. The highest BCUT2D eigenvalue weighted by molar-refractivity contribution is 6.31. The fourth-order valence-corrected chi connectivity index (χ4v) is 1.69. The Morgan fingerprint density at radius 3 is 2.42 bits per heavy atom. The molecule has 0 unspecified atom stereocenters. The second-order valence-electron chi connectivity index (χ2n) is 3.66. The number of anilines is 1. The van der Waals surface area contributed by atoms with Crippen LogP contribution >= 0.6 is 11.6 Å². The van der Waals surface area contributed by atoms with Gasteiger partial charge in [-0.05, 0) is 6.07 Å². The molecule has 100 valence electrons. The Labute approximate surface area is 112 Å². The van der Waals surface area contributed by atoms with Gasteiger partial charge in [-0.15, -0.1) is 0 Å². The number of halogens is 3. The molecule has 1 aromatic heterocycles. The van der Waals surface area contributed by atoms with Crippen LogP contribution in [0.3, 0.4) is 0 Å². The van der Waals surface area contributed by atoms with Crippen molar-refractivity contribution in [1.29, 1.82) is 0 Å². The number of H-pyrrole nitrogens is 1. The first kappa shape index (κ1) is 13.4. The number of aromatic nitrogens is 1. The fraction of sp³-hybridized carbons (Fsp3) is 0.0833. The lowest BCUT2D eigenvalue weighted by atomic mass is 10.2. The van der Waals surface area contributed by atoms with Gasteiger partial charge in [0.25, 0.3) is 5.91 Å². The van der Waals surface area contributed by atoms with E-state index in [2.05, 4.69) is 15.0 Å². The molecule has 0 aliphatic rings. The van der Waals surface area contributed by atoms with E-state index < -0.39 is 23.3 Å². The molecule has 4 nitrogen and oxygen atoms in total. The van der Waals surface area contributed by atoms with Crippen molar-refractivity contribution in [1.82, 2.24) is 4.98 Å². The molecule has 0 atom stereocenters. The molecule has 19 heavy (non-hydrogen) atoms. The summed E-state index contributed by atoms with van der Waals surface area (Å²) in [4.78, 5) is 14.3. The minimum absolute atomic E-state index is 0.0217. The zero-order valence-electron chi connectivity index (χ0n) is 9.76. The summed E-state index contributed by atoms with van der Waals surface area (Å²) in [6.07, 6.45) is 1.42. The van der Waals surface area contributed by atoms with Gasteiger partial charge in [-0.1, -0.05) is 11.6 Å². The number of benzene rings is 1. The molecule has 2 aromatic rings. The summed E-state index contributed by atoms with van der Waals surface area (Å²) in [6.45, 7) is 0. The lowest BCUT2D eigenvalue weighted by Gasteiger charge is -2.07. The Kier molecular flexibility index (Phi) is 3.71. The van der Waals surface area contributed by atoms with E-state index in [-0.39, 0.29) is 11.4 Å². The lowest BCUT2D eigenvalue weighted by Crippen LogP contribution is -2.12. The van der Waals surface area contributed by atoms with Crippen LogP contribution in [-0.4, -0.2) is 18.0 Å². The van der Waals surface area contributed by atoms with Crippen LogP contribution in [0.1, 0.15) is 10.5 Å². The monoisotopic (exact) mass is 286 g/mol. The van der Waals surface area contributed by atoms with Crippen LogP contribution in [0, 0.1) is 11.6 Å². The molecule has 0 aliphatic heterocycles. The highest BCUT2D eigenvalue weighted by atomic mass is 35.5. The van der Waals surface area contributed by atoms with E-state index >= 15 is 0 Å². The molecular formula is C12H9ClF2N2O2. The molecule has 2 rings (SSSR count). The van der Waals surface area contributed by atoms with Crippen molar-refractivity contribution in [2.75, 3.05) is 12.4 Å². The number of hydrogen-bond acceptors (Lipinski definition) is 2. The topological polar surface area (TPSA) is 54.1 Å². The molecular weight excluding hydrogens is 278 g/mol. The van der Waals surface area contributed by atoms with Gasteiger partial charge >= 0.3 is 0 Å². The number of amides is 1. The van der Waals surface area contributed by atoms with E-state index in [0.29, 0.717) is 5.02 Å². The smallest absolute Gasteiger partial charge is 0.272 e. The second-order valence-corrected chi connectivity index (χ2v) is 4.10. The van der Waals surface area contributed by atoms with Gasteiger partial charge < -0.3 is 15.0 Å². The summed E-state index contributed by atoms with van der Waals surface area (Å²) in [5, 5.41) is 2.70. The van der Waals surface area contributed by atoms with Crippen LogP contribution in [0.25, 0.3) is 0 Å². The summed E-state index contributed by atoms with van der Waals surface area (Å²) in [6, 6.07) is 3.32. The molecule has 0 saturated carbocycles. The second kappa shape index (κ2) is 5.27. The van der Waals surface area contributed by atoms with Gasteiger partial charge in [0.15, 0.2) is 17.4 Å². The Morgan fingerprint density at radius 1 is 1.32 bits per heavy atom. The molecule has 7 heteroatoms. The molecule has 1 aromatic carbocycles. The van der Waals surface area contributed by atoms with Crippen LogP contribution < -0.4 is 10.1 Å². The third-order valence-electron chi connectivity index (χ3n) is 2.35. The van der Waals surface area contributed by atoms with Gasteiger partial charge in [0.1, 0.15) is 5.69 Å². The van der Waals surface area contributed by atoms with Crippen molar-refractivity contribution in [3.8, 4) is 5.75 Å². The number of ether oxygens (including phenoxy) is 1. The Bertz CT molecular complexity index is 605. The van der Waals surface area contributed by atoms with Crippen molar-refractivity contribution < 1.29 is 18.3 Å². The predicted octanol–water partition coefficient (Wildman–Crippen LogP) is 3.21. The molecule has 0 saturated heterocycles. The van der Waals surface area contributed by atoms with E-state index in [0.717, 1.165) is 19.2 Å². The van der Waals surface area contributed by atoms with Gasteiger partial charge in [0, 0.05) is 24.0 Å². The summed E-state index contributed by atoms with van der Waals surface area (Å²) in [5.74, 6) is -2.86. The maximum Gasteiger partial charge on any atom is 0.272 e. The maximum atomic E-state index is 13.4. The molecule has 2 N–H and O–H groups in total. The average Bonchev–Trinajstić information content (AvgIpc) is 2.75. The normalized spacial score (nSPS) is 10.3. The van der Waals surface area contributed by atoms with Crippen LogP contribution in [0.2, 0.25) is 5.02 Å². The molecule has 0 fully saturated rings. The number of rotatable bonds is 3. The molecule has 0 radical (unpaired) electrons. The third kappa shape index (κ3) is 2.85. The molecule has 0 bridgehead atoms. The largest absolute Gasteiger partial charge is 0.491 e. The minimum Gasteiger partial charge on any atom is -0.491 e. The average molecular weight is 287 g/mol. The number of carbonyl (C=O) groups is 1. The lowest BCUT2D eigenvalue weighted by molar-refractivity contribution is 0.102. The van der Waals surface area contributed by atoms with Gasteiger partial charge in [0.05, 0.1) is 12.1 Å². The number of methoxy groups -OCH3 is 1. The third-order valence-corrected chi connectivity index (χ3v) is 2.57. The summed E-state index contributed by atoms with van der Waals surface area (Å²) in [5.41, 5.74) is 0.160. The van der Waals surface area contributed by atoms with Crippen molar-refractivity contribution >= 4 is 23.2 Å². The van der Waals surface area contributed by atoms with Crippen molar-refractivity contribution in [3.05, 3.63) is 46.7 Å². The highest BCUT2D eigenvalue weighted by Gasteiger charge is 2.14. The van der Waals surface area contributed by atoms with E-state index in [9.17, 15) is 13.6 Å². The first-order chi connectivity index (χ1) is 9.01. The number of nitrogens with one attached hydrogen (secondary N) is 2. The number of carbonyl (C=O) groups excluding carboxylic acids is 1. The molecule has 0 spiro atoms. The SMILES string of the molecule is COc1c(F)cc(NC(=O)c2cc(Cl)c[nH]2)cc1F. The Hall–Kier alpha value is -2.08. The predicted molar refractivity (Wildman–Crippen MR) is 66.7 cm³/mol. The van der Waals surface area contributed by atoms with Crippen LogP contribution in [0.15, 0.2) is 24.4 Å². The van der Waals surface area contributed by atoms with Crippen LogP contribution in [0.4, 0.5) is 14.5 Å². The zero-order valence-corrected chi connectivity index (χ0v) is 10.5. The van der Waals surface area contributed by atoms with E-state index in [1.807, 2.05) is 0 Å². The minimum atomic E-state index is -0.901. The van der Waals surface area contributed by atoms with Crippen molar-refractivity contribution in [3.63, 3.8) is 0 Å². The zero-order chi connectivity index (χ0) is 14.0. The van der Waals surface area contributed by atoms with E-state index in [4.69, 9.17) is 11.6 Å². The molecule has 1 amide bonds. The molecule has 1 heterocycles. The first-order valence-corrected chi connectivity index (χ1v) is 5.57. The number of aromatic amines is 1. The van der Waals surface area contributed by atoms with Gasteiger partial charge in [-0.3, -0.25) is 4.79 Å². The van der Waals surface area contributed by atoms with Gasteiger partial charge in [-0.25, -0.2) is 8.78 Å². The van der Waals surface area contributed by atoms with Crippen LogP contribution in [-0.2, 0) is 0 Å². The summed E-state index contributed by atoms with van der Waals surface area (Å²) in [7, 11) is 1.15. The highest BCUT2D eigenvalue weighted by Crippen LogP contribution is 2.25. The molecule has 0 aliphatic carbocycles. The van der Waals surface area contributed by atoms with Crippen LogP contribution in [0.5, 0.6) is 5.75 Å². The maximum absolute atomic E-state index is 13.4. The number of hydrogen-bond donors (Lipinski definition) is 2. The van der Waals surface area contributed by atoms with Gasteiger partial charge in [-0.2, -0.15) is 0 Å². The van der Waals surface area contributed by atoms with Gasteiger partial charge in [0.2, 0.25) is 0 Å². The fourth-order valence-electron chi connectivity index (χ4n) is 1.52. The van der Waals surface area contributed by atoms with E-state index in [1.165, 1.54) is 12.3 Å². The van der Waals surface area contributed by atoms with Crippen molar-refractivity contribution in [2.45, 2.75) is 0 Å². The quantitative estimate of drug-likeness (QED) is 0.910. The van der Waals surface area contributed by atoms with E-state index in [1.54, 1.807) is 0 Å². The summed E-state index contributed by atoms with van der Waals surface area (Å²) < 4.78 is 31.4. The van der Waals surface area contributed by atoms with Crippen molar-refractivity contribution in [2.24, 2.45) is 0 Å². The Morgan fingerprint density at radius 2 is 1.95 bits per heavy atom. The first-order valence-electron chi connectivity index (χ1n) is 5.19. The standard InChI is InChI=1S/C12H9ClF2N2O2/c1-19-11-8(14)3-7(4-9(11)15)17-12(18)10-2-6(13)5-16-10/h2-5,16H,1H3,(H,17,18).